The molecule has 2 heterocycles. The Morgan fingerprint density at radius 1 is 1.32 bits per heavy atom. The summed E-state index contributed by atoms with van der Waals surface area (Å²) in [5.41, 5.74) is 2.62. The van der Waals surface area contributed by atoms with Crippen molar-refractivity contribution in [1.82, 2.24) is 14.9 Å². The van der Waals surface area contributed by atoms with Crippen molar-refractivity contribution < 1.29 is 9.84 Å². The molecule has 2 atom stereocenters. The van der Waals surface area contributed by atoms with Crippen molar-refractivity contribution in [3.63, 3.8) is 0 Å². The maximum atomic E-state index is 10.2. The van der Waals surface area contributed by atoms with E-state index in [1.165, 1.54) is 30.7 Å². The van der Waals surface area contributed by atoms with Gasteiger partial charge in [0.15, 0.2) is 0 Å². The maximum Gasteiger partial charge on any atom is 0.124 e. The van der Waals surface area contributed by atoms with Gasteiger partial charge in [-0.3, -0.25) is 4.90 Å². The summed E-state index contributed by atoms with van der Waals surface area (Å²) in [7, 11) is 0. The first-order chi connectivity index (χ1) is 10.6. The highest BCUT2D eigenvalue weighted by Crippen LogP contribution is 2.32. The van der Waals surface area contributed by atoms with E-state index in [2.05, 4.69) is 9.88 Å². The van der Waals surface area contributed by atoms with E-state index in [4.69, 9.17) is 9.72 Å². The Morgan fingerprint density at radius 2 is 2.14 bits per heavy atom. The van der Waals surface area contributed by atoms with Crippen LogP contribution in [0.2, 0.25) is 0 Å². The largest absolute Gasteiger partial charge is 0.389 e. The topological polar surface area (TPSA) is 61.4 Å². The van der Waals surface area contributed by atoms with E-state index in [0.717, 1.165) is 31.6 Å². The number of hydrogen-bond acceptors (Lipinski definition) is 4. The summed E-state index contributed by atoms with van der Waals surface area (Å²) in [5.74, 6) is 1.11. The van der Waals surface area contributed by atoms with Gasteiger partial charge in [0.2, 0.25) is 0 Å². The summed E-state index contributed by atoms with van der Waals surface area (Å²) in [6.45, 7) is 6.12. The van der Waals surface area contributed by atoms with Crippen LogP contribution < -0.4 is 0 Å². The Labute approximate surface area is 133 Å². The summed E-state index contributed by atoms with van der Waals surface area (Å²) in [6.07, 6.45) is 6.83. The van der Waals surface area contributed by atoms with Gasteiger partial charge in [0.05, 0.1) is 30.6 Å². The minimum absolute atomic E-state index is 0.167. The lowest BCUT2D eigenvalue weighted by atomic mass is 10.0. The molecule has 0 bridgehead atoms. The maximum absolute atomic E-state index is 10.2. The van der Waals surface area contributed by atoms with E-state index in [9.17, 15) is 5.11 Å². The number of rotatable bonds is 6. The molecule has 0 saturated carbocycles. The molecule has 0 unspecified atom stereocenters. The average Bonchev–Trinajstić information content (AvgIpc) is 3.10. The Balaban J connectivity index is 1.61. The zero-order valence-corrected chi connectivity index (χ0v) is 13.8. The number of ether oxygens (including phenoxy) is 1. The summed E-state index contributed by atoms with van der Waals surface area (Å²) >= 11 is 0. The van der Waals surface area contributed by atoms with E-state index >= 15 is 0 Å². The molecule has 22 heavy (non-hydrogen) atoms. The van der Waals surface area contributed by atoms with Crippen LogP contribution in [0.1, 0.15) is 62.8 Å². The van der Waals surface area contributed by atoms with Gasteiger partial charge in [0.1, 0.15) is 5.82 Å². The van der Waals surface area contributed by atoms with Crippen LogP contribution >= 0.6 is 0 Å². The van der Waals surface area contributed by atoms with Gasteiger partial charge in [0.25, 0.3) is 0 Å². The number of imidazole rings is 1. The predicted molar refractivity (Wildman–Crippen MR) is 85.9 cm³/mol. The van der Waals surface area contributed by atoms with Crippen molar-refractivity contribution in [3.05, 3.63) is 17.2 Å². The Bertz CT molecular complexity index is 463. The Morgan fingerprint density at radius 3 is 2.91 bits per heavy atom. The van der Waals surface area contributed by atoms with E-state index in [1.54, 1.807) is 0 Å². The summed E-state index contributed by atoms with van der Waals surface area (Å²) in [6, 6.07) is 0.333. The number of β-amino-alcohol motifs (C(OH)–C–C–N with tert-alkyl or cyclic N) is 1. The summed E-state index contributed by atoms with van der Waals surface area (Å²) in [5, 5.41) is 10.2. The molecule has 0 aromatic carbocycles. The van der Waals surface area contributed by atoms with Crippen LogP contribution in [0.15, 0.2) is 0 Å². The molecule has 1 aromatic heterocycles. The molecule has 1 aliphatic heterocycles. The molecule has 0 radical (unpaired) electrons. The molecule has 1 saturated heterocycles. The van der Waals surface area contributed by atoms with Crippen molar-refractivity contribution in [3.8, 4) is 0 Å². The molecule has 2 aliphatic rings. The number of aryl methyl sites for hydroxylation is 2. The lowest BCUT2D eigenvalue weighted by Gasteiger charge is -2.25. The standard InChI is InChI=1S/C17H29N3O2/c1-12(2)22-11-13(21)10-20-9-5-8-16(20)17-18-14-6-3-4-7-15(14)19-17/h12-13,16,21H,3-11H2,1-2H3,(H,18,19)/t13-,16-/m1/s1. The minimum atomic E-state index is -0.424. The van der Waals surface area contributed by atoms with E-state index in [1.807, 2.05) is 13.8 Å². The second-order valence-electron chi connectivity index (χ2n) is 6.94. The summed E-state index contributed by atoms with van der Waals surface area (Å²) in [4.78, 5) is 10.8. The number of aromatic amines is 1. The average molecular weight is 307 g/mol. The fraction of sp³-hybridized carbons (Fsp3) is 0.824. The van der Waals surface area contributed by atoms with Gasteiger partial charge in [-0.2, -0.15) is 0 Å². The zero-order valence-electron chi connectivity index (χ0n) is 13.8. The third kappa shape index (κ3) is 3.70. The van der Waals surface area contributed by atoms with Gasteiger partial charge in [-0.1, -0.05) is 0 Å². The first-order valence-corrected chi connectivity index (χ1v) is 8.75. The van der Waals surface area contributed by atoms with Crippen molar-refractivity contribution in [2.75, 3.05) is 19.7 Å². The molecule has 1 aromatic rings. The third-order valence-corrected chi connectivity index (χ3v) is 4.72. The number of aromatic nitrogens is 2. The molecular weight excluding hydrogens is 278 g/mol. The van der Waals surface area contributed by atoms with Crippen LogP contribution in [0.5, 0.6) is 0 Å². The van der Waals surface area contributed by atoms with Crippen LogP contribution in [-0.2, 0) is 17.6 Å². The van der Waals surface area contributed by atoms with Gasteiger partial charge < -0.3 is 14.8 Å². The molecular formula is C17H29N3O2. The van der Waals surface area contributed by atoms with Crippen LogP contribution in [0.25, 0.3) is 0 Å². The molecule has 0 spiro atoms. The zero-order chi connectivity index (χ0) is 15.5. The number of nitrogens with one attached hydrogen (secondary N) is 1. The van der Waals surface area contributed by atoms with Crippen LogP contribution in [0.4, 0.5) is 0 Å². The predicted octanol–water partition coefficient (Wildman–Crippen LogP) is 2.21. The van der Waals surface area contributed by atoms with Crippen molar-refractivity contribution in [1.29, 1.82) is 0 Å². The molecule has 5 nitrogen and oxygen atoms in total. The van der Waals surface area contributed by atoms with Crippen molar-refractivity contribution >= 4 is 0 Å². The van der Waals surface area contributed by atoms with Crippen LogP contribution in [-0.4, -0.2) is 51.9 Å². The van der Waals surface area contributed by atoms with Crippen molar-refractivity contribution in [2.45, 2.75) is 70.6 Å². The number of hydrogen-bond donors (Lipinski definition) is 2. The van der Waals surface area contributed by atoms with E-state index < -0.39 is 6.10 Å². The van der Waals surface area contributed by atoms with Gasteiger partial charge >= 0.3 is 0 Å². The first-order valence-electron chi connectivity index (χ1n) is 8.75. The summed E-state index contributed by atoms with van der Waals surface area (Å²) < 4.78 is 5.52. The molecule has 5 heteroatoms. The highest BCUT2D eigenvalue weighted by molar-refractivity contribution is 5.19. The van der Waals surface area contributed by atoms with Crippen LogP contribution in [0, 0.1) is 0 Å². The van der Waals surface area contributed by atoms with Gasteiger partial charge in [-0.15, -0.1) is 0 Å². The molecule has 2 N–H and O–H groups in total. The SMILES string of the molecule is CC(C)OC[C@H](O)CN1CCC[C@@H]1c1nc2c([nH]1)CCCC2. The normalized spacial score (nSPS) is 23.9. The molecule has 124 valence electrons. The lowest BCUT2D eigenvalue weighted by molar-refractivity contribution is -0.0105. The fourth-order valence-electron chi connectivity index (χ4n) is 3.61. The molecule has 0 amide bonds. The first kappa shape index (κ1) is 16.0. The van der Waals surface area contributed by atoms with Gasteiger partial charge in [-0.05, 0) is 58.9 Å². The number of nitrogens with zero attached hydrogens (tertiary/aromatic N) is 2. The van der Waals surface area contributed by atoms with E-state index in [-0.39, 0.29) is 6.10 Å². The fourth-order valence-corrected chi connectivity index (χ4v) is 3.61. The number of aliphatic hydroxyl groups excluding tert-OH is 1. The highest BCUT2D eigenvalue weighted by atomic mass is 16.5. The molecule has 1 fully saturated rings. The number of H-pyrrole nitrogens is 1. The van der Waals surface area contributed by atoms with Crippen molar-refractivity contribution in [2.24, 2.45) is 0 Å². The highest BCUT2D eigenvalue weighted by Gasteiger charge is 2.31. The molecule has 3 rings (SSSR count). The monoisotopic (exact) mass is 307 g/mol. The lowest BCUT2D eigenvalue weighted by Crippen LogP contribution is -2.35. The van der Waals surface area contributed by atoms with E-state index in [0.29, 0.717) is 19.2 Å². The quantitative estimate of drug-likeness (QED) is 0.846. The second-order valence-corrected chi connectivity index (χ2v) is 6.94. The number of likely N-dealkylation sites (tertiary alicyclic amines) is 1. The Hall–Kier alpha value is -0.910. The molecule has 1 aliphatic carbocycles. The van der Waals surface area contributed by atoms with Crippen LogP contribution in [0.3, 0.4) is 0 Å². The number of fused-ring (bicyclic) bond motifs is 1. The number of aliphatic hydroxyl groups is 1. The minimum Gasteiger partial charge on any atom is -0.389 e. The Kier molecular flexibility index (Phi) is 5.16. The smallest absolute Gasteiger partial charge is 0.124 e. The van der Waals surface area contributed by atoms with Gasteiger partial charge in [0, 0.05) is 12.2 Å². The third-order valence-electron chi connectivity index (χ3n) is 4.72. The second kappa shape index (κ2) is 7.11. The van der Waals surface area contributed by atoms with Gasteiger partial charge in [-0.25, -0.2) is 4.98 Å².